The molecule has 3 nitrogen and oxygen atoms in total. The molecule has 124 valence electrons. The Balaban J connectivity index is 1.54. The second-order valence-corrected chi connectivity index (χ2v) is 6.74. The number of nitrogens with zero attached hydrogens (tertiary/aromatic N) is 2. The van der Waals surface area contributed by atoms with Gasteiger partial charge in [-0.05, 0) is 47.4 Å². The third-order valence-electron chi connectivity index (χ3n) is 4.51. The number of rotatable bonds is 4. The fourth-order valence-electron chi connectivity index (χ4n) is 3.13. The van der Waals surface area contributed by atoms with Crippen LogP contribution in [0.4, 0.5) is 5.69 Å². The SMILES string of the molecule is N[C@H](Cc1ccc(Cl)cc1)C1=Nc2cc(-c3cccnc3)ccc2C1. The molecule has 0 fully saturated rings. The molecule has 1 aliphatic heterocycles. The van der Waals surface area contributed by atoms with Crippen molar-refractivity contribution in [3.05, 3.63) is 83.1 Å². The third-order valence-corrected chi connectivity index (χ3v) is 4.76. The van der Waals surface area contributed by atoms with Crippen molar-refractivity contribution in [2.45, 2.75) is 18.9 Å². The molecule has 0 aliphatic carbocycles. The van der Waals surface area contributed by atoms with Crippen LogP contribution in [0.1, 0.15) is 11.1 Å². The van der Waals surface area contributed by atoms with Gasteiger partial charge in [0.25, 0.3) is 0 Å². The average molecular weight is 348 g/mol. The summed E-state index contributed by atoms with van der Waals surface area (Å²) in [5.74, 6) is 0. The summed E-state index contributed by atoms with van der Waals surface area (Å²) in [6, 6.07) is 18.1. The van der Waals surface area contributed by atoms with Gasteiger partial charge < -0.3 is 5.73 Å². The number of halogens is 1. The van der Waals surface area contributed by atoms with Gasteiger partial charge in [-0.3, -0.25) is 9.98 Å². The van der Waals surface area contributed by atoms with Crippen molar-refractivity contribution in [2.24, 2.45) is 10.7 Å². The molecule has 0 unspecified atom stereocenters. The summed E-state index contributed by atoms with van der Waals surface area (Å²) in [4.78, 5) is 8.98. The number of benzene rings is 2. The lowest BCUT2D eigenvalue weighted by molar-refractivity contribution is 0.839. The van der Waals surface area contributed by atoms with Crippen molar-refractivity contribution in [3.8, 4) is 11.1 Å². The van der Waals surface area contributed by atoms with Gasteiger partial charge in [0, 0.05) is 41.2 Å². The summed E-state index contributed by atoms with van der Waals surface area (Å²) in [5, 5.41) is 0.742. The second-order valence-electron chi connectivity index (χ2n) is 6.30. The number of pyridine rings is 1. The molecule has 3 aromatic rings. The highest BCUT2D eigenvalue weighted by atomic mass is 35.5. The predicted molar refractivity (Wildman–Crippen MR) is 104 cm³/mol. The van der Waals surface area contributed by atoms with E-state index in [9.17, 15) is 0 Å². The van der Waals surface area contributed by atoms with Gasteiger partial charge in [0.2, 0.25) is 0 Å². The zero-order chi connectivity index (χ0) is 17.2. The van der Waals surface area contributed by atoms with Crippen LogP contribution in [0.25, 0.3) is 11.1 Å². The Labute approximate surface area is 152 Å². The van der Waals surface area contributed by atoms with E-state index in [1.165, 1.54) is 11.1 Å². The van der Waals surface area contributed by atoms with Crippen LogP contribution in [-0.4, -0.2) is 16.7 Å². The minimum Gasteiger partial charge on any atom is -0.323 e. The lowest BCUT2D eigenvalue weighted by atomic mass is 9.98. The molecular formula is C21H18ClN3. The predicted octanol–water partition coefficient (Wildman–Crippen LogP) is 4.60. The number of hydrogen-bond acceptors (Lipinski definition) is 3. The molecule has 4 rings (SSSR count). The number of aromatic nitrogens is 1. The van der Waals surface area contributed by atoms with Gasteiger partial charge in [-0.25, -0.2) is 0 Å². The molecule has 0 bridgehead atoms. The van der Waals surface area contributed by atoms with Crippen LogP contribution in [0, 0.1) is 0 Å². The molecule has 2 aromatic carbocycles. The molecule has 25 heavy (non-hydrogen) atoms. The molecule has 0 radical (unpaired) electrons. The van der Waals surface area contributed by atoms with Crippen molar-refractivity contribution in [3.63, 3.8) is 0 Å². The lowest BCUT2D eigenvalue weighted by Crippen LogP contribution is -2.32. The Kier molecular flexibility index (Phi) is 4.35. The molecule has 0 amide bonds. The Morgan fingerprint density at radius 2 is 1.88 bits per heavy atom. The molecule has 1 aromatic heterocycles. The van der Waals surface area contributed by atoms with Crippen LogP contribution < -0.4 is 5.73 Å². The monoisotopic (exact) mass is 347 g/mol. The topological polar surface area (TPSA) is 51.3 Å². The first-order chi connectivity index (χ1) is 12.2. The van der Waals surface area contributed by atoms with Gasteiger partial charge in [-0.2, -0.15) is 0 Å². The Morgan fingerprint density at radius 1 is 1.04 bits per heavy atom. The number of nitrogens with two attached hydrogens (primary N) is 1. The normalized spacial score (nSPS) is 14.1. The van der Waals surface area contributed by atoms with Crippen LogP contribution >= 0.6 is 11.6 Å². The van der Waals surface area contributed by atoms with E-state index in [2.05, 4.69) is 29.2 Å². The molecule has 4 heteroatoms. The Morgan fingerprint density at radius 3 is 2.64 bits per heavy atom. The highest BCUT2D eigenvalue weighted by Gasteiger charge is 2.20. The maximum Gasteiger partial charge on any atom is 0.0671 e. The fraction of sp³-hybridized carbons (Fsp3) is 0.143. The maximum absolute atomic E-state index is 6.40. The van der Waals surface area contributed by atoms with Gasteiger partial charge in [-0.1, -0.05) is 41.9 Å². The van der Waals surface area contributed by atoms with Gasteiger partial charge >= 0.3 is 0 Å². The minimum atomic E-state index is -0.0876. The summed E-state index contributed by atoms with van der Waals surface area (Å²) in [7, 11) is 0. The average Bonchev–Trinajstić information content (AvgIpc) is 3.08. The van der Waals surface area contributed by atoms with Crippen LogP contribution in [0.5, 0.6) is 0 Å². The van der Waals surface area contributed by atoms with Crippen molar-refractivity contribution in [1.82, 2.24) is 4.98 Å². The number of hydrogen-bond donors (Lipinski definition) is 1. The maximum atomic E-state index is 6.40. The summed E-state index contributed by atoms with van der Waals surface area (Å²) in [6.07, 6.45) is 5.23. The first-order valence-electron chi connectivity index (χ1n) is 8.30. The van der Waals surface area contributed by atoms with Gasteiger partial charge in [0.1, 0.15) is 0 Å². The lowest BCUT2D eigenvalue weighted by Gasteiger charge is -2.11. The second kappa shape index (κ2) is 6.79. The molecule has 0 spiro atoms. The summed E-state index contributed by atoms with van der Waals surface area (Å²) >= 11 is 5.94. The van der Waals surface area contributed by atoms with E-state index in [1.54, 1.807) is 6.20 Å². The number of aliphatic imine (C=N–C) groups is 1. The molecule has 1 aliphatic rings. The largest absolute Gasteiger partial charge is 0.323 e. The van der Waals surface area contributed by atoms with E-state index in [0.717, 1.165) is 40.4 Å². The molecule has 1 atom stereocenters. The van der Waals surface area contributed by atoms with Crippen LogP contribution in [-0.2, 0) is 12.8 Å². The van der Waals surface area contributed by atoms with Gasteiger partial charge in [0.05, 0.1) is 5.69 Å². The molecule has 2 heterocycles. The van der Waals surface area contributed by atoms with E-state index >= 15 is 0 Å². The first-order valence-corrected chi connectivity index (χ1v) is 8.67. The summed E-state index contributed by atoms with van der Waals surface area (Å²) in [6.45, 7) is 0. The fourth-order valence-corrected chi connectivity index (χ4v) is 3.25. The van der Waals surface area contributed by atoms with Gasteiger partial charge in [0.15, 0.2) is 0 Å². The van der Waals surface area contributed by atoms with Crippen molar-refractivity contribution in [1.29, 1.82) is 0 Å². The van der Waals surface area contributed by atoms with E-state index < -0.39 is 0 Å². The highest BCUT2D eigenvalue weighted by molar-refractivity contribution is 6.30. The van der Waals surface area contributed by atoms with Crippen molar-refractivity contribution in [2.75, 3.05) is 0 Å². The molecule has 0 saturated carbocycles. The van der Waals surface area contributed by atoms with Crippen molar-refractivity contribution >= 4 is 23.0 Å². The van der Waals surface area contributed by atoms with Crippen LogP contribution in [0.3, 0.4) is 0 Å². The zero-order valence-corrected chi connectivity index (χ0v) is 14.4. The van der Waals surface area contributed by atoms with Crippen LogP contribution in [0.2, 0.25) is 5.02 Å². The molecular weight excluding hydrogens is 330 g/mol. The standard InChI is InChI=1S/C21H18ClN3/c22-18-7-3-14(4-8-18)10-19(23)21-12-16-6-5-15(11-20(16)25-21)17-2-1-9-24-13-17/h1-9,11,13,19H,10,12,23H2/t19-/m1/s1. The van der Waals surface area contributed by atoms with Crippen molar-refractivity contribution < 1.29 is 0 Å². The first kappa shape index (κ1) is 16.0. The summed E-state index contributed by atoms with van der Waals surface area (Å²) in [5.41, 5.74) is 13.1. The minimum absolute atomic E-state index is 0.0876. The van der Waals surface area contributed by atoms with Crippen LogP contribution in [0.15, 0.2) is 72.0 Å². The Hall–Kier alpha value is -2.49. The third kappa shape index (κ3) is 3.48. The Bertz CT molecular complexity index is 918. The van der Waals surface area contributed by atoms with E-state index in [0.29, 0.717) is 0 Å². The van der Waals surface area contributed by atoms with Gasteiger partial charge in [-0.15, -0.1) is 0 Å². The van der Waals surface area contributed by atoms with E-state index in [-0.39, 0.29) is 6.04 Å². The summed E-state index contributed by atoms with van der Waals surface area (Å²) < 4.78 is 0. The zero-order valence-electron chi connectivity index (χ0n) is 13.7. The smallest absolute Gasteiger partial charge is 0.0671 e. The molecule has 2 N–H and O–H groups in total. The quantitative estimate of drug-likeness (QED) is 0.749. The number of fused-ring (bicyclic) bond motifs is 1. The van der Waals surface area contributed by atoms with E-state index in [4.69, 9.17) is 22.3 Å². The molecule has 0 saturated heterocycles. The highest BCUT2D eigenvalue weighted by Crippen LogP contribution is 2.32. The van der Waals surface area contributed by atoms with E-state index in [1.807, 2.05) is 36.5 Å².